The number of hydrogen-bond acceptors (Lipinski definition) is 2. The summed E-state index contributed by atoms with van der Waals surface area (Å²) in [5.41, 5.74) is 7.25. The highest BCUT2D eigenvalue weighted by Gasteiger charge is 2.24. The first-order chi connectivity index (χ1) is 9.17. The van der Waals surface area contributed by atoms with Crippen LogP contribution in [-0.2, 0) is 6.42 Å². The summed E-state index contributed by atoms with van der Waals surface area (Å²) in [6.07, 6.45) is 4.45. The summed E-state index contributed by atoms with van der Waals surface area (Å²) in [6.45, 7) is 5.47. The molecule has 1 aliphatic heterocycles. The number of unbranched alkanes of at least 4 members (excludes halogenated alkanes) is 1. The quantitative estimate of drug-likeness (QED) is 0.886. The standard InChI is InChI=1S/C16H25FN2/c1-2-3-7-19-11-14(10-16(18)12-19)8-13-5-4-6-15(17)9-13/h4-6,9,14,16H,2-3,7-8,10-12,18H2,1H3. The zero-order valence-corrected chi connectivity index (χ0v) is 11.8. The first-order valence-corrected chi connectivity index (χ1v) is 7.39. The third-order valence-electron chi connectivity index (χ3n) is 3.89. The number of likely N-dealkylation sites (tertiary alicyclic amines) is 1. The van der Waals surface area contributed by atoms with Crippen LogP contribution in [0, 0.1) is 11.7 Å². The van der Waals surface area contributed by atoms with Gasteiger partial charge in [0.25, 0.3) is 0 Å². The lowest BCUT2D eigenvalue weighted by molar-refractivity contribution is 0.154. The van der Waals surface area contributed by atoms with Gasteiger partial charge in [0.2, 0.25) is 0 Å². The molecule has 0 amide bonds. The molecule has 0 radical (unpaired) electrons. The molecule has 2 nitrogen and oxygen atoms in total. The van der Waals surface area contributed by atoms with Crippen LogP contribution in [0.3, 0.4) is 0 Å². The minimum absolute atomic E-state index is 0.138. The molecule has 0 saturated carbocycles. The van der Waals surface area contributed by atoms with Crippen molar-refractivity contribution in [3.8, 4) is 0 Å². The Hall–Kier alpha value is -0.930. The second kappa shape index (κ2) is 7.01. The summed E-state index contributed by atoms with van der Waals surface area (Å²) >= 11 is 0. The maximum absolute atomic E-state index is 13.2. The fraction of sp³-hybridized carbons (Fsp3) is 0.625. The molecular weight excluding hydrogens is 239 g/mol. The molecule has 2 unspecified atom stereocenters. The van der Waals surface area contributed by atoms with Crippen molar-refractivity contribution in [3.63, 3.8) is 0 Å². The number of halogens is 1. The Labute approximate surface area is 115 Å². The van der Waals surface area contributed by atoms with Gasteiger partial charge in [0.05, 0.1) is 0 Å². The molecule has 1 saturated heterocycles. The Morgan fingerprint density at radius 2 is 2.21 bits per heavy atom. The molecule has 1 aliphatic rings. The largest absolute Gasteiger partial charge is 0.327 e. The molecule has 1 heterocycles. The van der Waals surface area contributed by atoms with Crippen LogP contribution in [0.4, 0.5) is 4.39 Å². The Bertz CT molecular complexity index is 394. The third-order valence-corrected chi connectivity index (χ3v) is 3.89. The first-order valence-electron chi connectivity index (χ1n) is 7.39. The maximum Gasteiger partial charge on any atom is 0.123 e. The number of piperidine rings is 1. The van der Waals surface area contributed by atoms with E-state index in [0.29, 0.717) is 5.92 Å². The van der Waals surface area contributed by atoms with E-state index in [9.17, 15) is 4.39 Å². The lowest BCUT2D eigenvalue weighted by atomic mass is 9.89. The lowest BCUT2D eigenvalue weighted by Crippen LogP contribution is -2.47. The van der Waals surface area contributed by atoms with Crippen molar-refractivity contribution in [1.82, 2.24) is 4.90 Å². The fourth-order valence-corrected chi connectivity index (χ4v) is 3.06. The summed E-state index contributed by atoms with van der Waals surface area (Å²) in [4.78, 5) is 2.47. The summed E-state index contributed by atoms with van der Waals surface area (Å²) in [6, 6.07) is 7.23. The molecule has 1 aromatic rings. The van der Waals surface area contributed by atoms with Crippen molar-refractivity contribution in [1.29, 1.82) is 0 Å². The molecule has 1 fully saturated rings. The van der Waals surface area contributed by atoms with Gasteiger partial charge in [-0.05, 0) is 49.4 Å². The maximum atomic E-state index is 13.2. The van der Waals surface area contributed by atoms with E-state index in [1.165, 1.54) is 18.9 Å². The van der Waals surface area contributed by atoms with Gasteiger partial charge < -0.3 is 10.6 Å². The second-order valence-corrected chi connectivity index (χ2v) is 5.81. The van der Waals surface area contributed by atoms with E-state index in [4.69, 9.17) is 5.73 Å². The van der Waals surface area contributed by atoms with Gasteiger partial charge in [-0.3, -0.25) is 0 Å². The SMILES string of the molecule is CCCCN1CC(N)CC(Cc2cccc(F)c2)C1. The lowest BCUT2D eigenvalue weighted by Gasteiger charge is -2.36. The van der Waals surface area contributed by atoms with Crippen LogP contribution < -0.4 is 5.73 Å². The van der Waals surface area contributed by atoms with Crippen molar-refractivity contribution >= 4 is 0 Å². The molecular formula is C16H25FN2. The minimum Gasteiger partial charge on any atom is -0.327 e. The molecule has 1 aromatic carbocycles. The van der Waals surface area contributed by atoms with E-state index >= 15 is 0 Å². The summed E-state index contributed by atoms with van der Waals surface area (Å²) in [5.74, 6) is 0.419. The van der Waals surface area contributed by atoms with Gasteiger partial charge in [0.1, 0.15) is 5.82 Å². The van der Waals surface area contributed by atoms with E-state index in [1.54, 1.807) is 12.1 Å². The summed E-state index contributed by atoms with van der Waals surface area (Å²) in [5, 5.41) is 0. The highest BCUT2D eigenvalue weighted by Crippen LogP contribution is 2.21. The van der Waals surface area contributed by atoms with Gasteiger partial charge in [-0.25, -0.2) is 4.39 Å². The van der Waals surface area contributed by atoms with Crippen LogP contribution >= 0.6 is 0 Å². The molecule has 0 aromatic heterocycles. The van der Waals surface area contributed by atoms with E-state index in [1.807, 2.05) is 6.07 Å². The van der Waals surface area contributed by atoms with Crippen LogP contribution in [0.15, 0.2) is 24.3 Å². The normalized spacial score (nSPS) is 24.6. The van der Waals surface area contributed by atoms with E-state index < -0.39 is 0 Å². The third kappa shape index (κ3) is 4.59. The van der Waals surface area contributed by atoms with Crippen molar-refractivity contribution in [2.24, 2.45) is 11.7 Å². The molecule has 2 atom stereocenters. The van der Waals surface area contributed by atoms with Gasteiger partial charge in [-0.1, -0.05) is 25.5 Å². The second-order valence-electron chi connectivity index (χ2n) is 5.81. The van der Waals surface area contributed by atoms with Crippen molar-refractivity contribution in [2.75, 3.05) is 19.6 Å². The van der Waals surface area contributed by atoms with Crippen LogP contribution in [0.5, 0.6) is 0 Å². The van der Waals surface area contributed by atoms with E-state index in [-0.39, 0.29) is 11.9 Å². The molecule has 2 N–H and O–H groups in total. The van der Waals surface area contributed by atoms with Crippen molar-refractivity contribution in [3.05, 3.63) is 35.6 Å². The van der Waals surface area contributed by atoms with Crippen LogP contribution in [0.25, 0.3) is 0 Å². The molecule has 0 aliphatic carbocycles. The van der Waals surface area contributed by atoms with Crippen molar-refractivity contribution < 1.29 is 4.39 Å². The molecule has 2 rings (SSSR count). The zero-order chi connectivity index (χ0) is 13.7. The van der Waals surface area contributed by atoms with Gasteiger partial charge in [0.15, 0.2) is 0 Å². The Morgan fingerprint density at radius 1 is 1.37 bits per heavy atom. The number of rotatable bonds is 5. The number of nitrogens with two attached hydrogens (primary N) is 1. The Kier molecular flexibility index (Phi) is 5.34. The van der Waals surface area contributed by atoms with Gasteiger partial charge in [-0.2, -0.15) is 0 Å². The topological polar surface area (TPSA) is 29.3 Å². The minimum atomic E-state index is -0.138. The van der Waals surface area contributed by atoms with Gasteiger partial charge >= 0.3 is 0 Å². The fourth-order valence-electron chi connectivity index (χ4n) is 3.06. The number of nitrogens with zero attached hydrogens (tertiary/aromatic N) is 1. The molecule has 0 spiro atoms. The van der Waals surface area contributed by atoms with Gasteiger partial charge in [-0.15, -0.1) is 0 Å². The summed E-state index contributed by atoms with van der Waals surface area (Å²) in [7, 11) is 0. The Morgan fingerprint density at radius 3 is 2.95 bits per heavy atom. The average Bonchev–Trinajstić information content (AvgIpc) is 2.35. The molecule has 19 heavy (non-hydrogen) atoms. The first kappa shape index (κ1) is 14.5. The monoisotopic (exact) mass is 264 g/mol. The van der Waals surface area contributed by atoms with Crippen LogP contribution in [0.2, 0.25) is 0 Å². The molecule has 3 heteroatoms. The average molecular weight is 264 g/mol. The zero-order valence-electron chi connectivity index (χ0n) is 11.8. The smallest absolute Gasteiger partial charge is 0.123 e. The predicted molar refractivity (Wildman–Crippen MR) is 77.5 cm³/mol. The van der Waals surface area contributed by atoms with Gasteiger partial charge in [0, 0.05) is 19.1 Å². The highest BCUT2D eigenvalue weighted by atomic mass is 19.1. The van der Waals surface area contributed by atoms with E-state index in [0.717, 1.165) is 38.0 Å². The molecule has 106 valence electrons. The summed E-state index contributed by atoms with van der Waals surface area (Å²) < 4.78 is 13.2. The molecule has 0 bridgehead atoms. The van der Waals surface area contributed by atoms with Crippen LogP contribution in [-0.4, -0.2) is 30.6 Å². The van der Waals surface area contributed by atoms with E-state index in [2.05, 4.69) is 11.8 Å². The van der Waals surface area contributed by atoms with Crippen LogP contribution in [0.1, 0.15) is 31.7 Å². The van der Waals surface area contributed by atoms with Crippen molar-refractivity contribution in [2.45, 2.75) is 38.6 Å². The number of benzene rings is 1. The highest BCUT2D eigenvalue weighted by molar-refractivity contribution is 5.17. The Balaban J connectivity index is 1.92. The number of hydrogen-bond donors (Lipinski definition) is 1. The predicted octanol–water partition coefficient (Wildman–Crippen LogP) is 2.82.